The number of nitrogen functional groups attached to an aromatic ring is 2. The number of aromatic nitrogens is 8. The maximum atomic E-state index is 13.1. The van der Waals surface area contributed by atoms with Crippen molar-refractivity contribution in [1.82, 2.24) is 39.0 Å². The van der Waals surface area contributed by atoms with Crippen LogP contribution in [-0.2, 0) is 32.4 Å². The second-order valence-electron chi connectivity index (χ2n) is 9.84. The summed E-state index contributed by atoms with van der Waals surface area (Å²) in [5.74, 6) is -0.386. The monoisotopic (exact) mass is 676 g/mol. The van der Waals surface area contributed by atoms with Crippen molar-refractivity contribution in [3.8, 4) is 0 Å². The van der Waals surface area contributed by atoms with Gasteiger partial charge in [-0.15, -0.1) is 0 Å². The third-order valence-electron chi connectivity index (χ3n) is 6.87. The van der Waals surface area contributed by atoms with Crippen molar-refractivity contribution in [3.05, 3.63) is 29.2 Å². The highest BCUT2D eigenvalue weighted by Crippen LogP contribution is 2.50. The molecule has 2 unspecified atom stereocenters. The molecule has 0 bridgehead atoms. The molecular formula is C20H26N10O13P2. The first-order valence-electron chi connectivity index (χ1n) is 12.8. The number of phosphoric acid groups is 1. The molecule has 45 heavy (non-hydrogen) atoms. The largest absolute Gasteiger partial charge is 0.472 e. The van der Waals surface area contributed by atoms with Gasteiger partial charge < -0.3 is 50.8 Å². The molecule has 10 atom stereocenters. The quantitative estimate of drug-likeness (QED) is 0.0771. The summed E-state index contributed by atoms with van der Waals surface area (Å²) < 4.78 is 53.4. The van der Waals surface area contributed by atoms with E-state index in [4.69, 9.17) is 39.6 Å². The number of fused-ring (bicyclic) bond motifs is 2. The average Bonchev–Trinajstić information content (AvgIpc) is 3.72. The minimum Gasteiger partial charge on any atom is -0.387 e. The Labute approximate surface area is 249 Å². The van der Waals surface area contributed by atoms with Gasteiger partial charge in [0.1, 0.15) is 42.4 Å². The first-order chi connectivity index (χ1) is 21.3. The predicted octanol–water partition coefficient (Wildman–Crippen LogP) is -3.10. The van der Waals surface area contributed by atoms with Crippen molar-refractivity contribution < 1.29 is 57.5 Å². The normalized spacial score (nSPS) is 30.7. The first-order valence-corrected chi connectivity index (χ1v) is 15.9. The molecule has 0 spiro atoms. The summed E-state index contributed by atoms with van der Waals surface area (Å²) >= 11 is 0. The molecule has 10 N–H and O–H groups in total. The van der Waals surface area contributed by atoms with Gasteiger partial charge in [-0.05, 0) is 0 Å². The molecule has 244 valence electrons. The number of anilines is 2. The fourth-order valence-corrected chi connectivity index (χ4v) is 6.09. The zero-order valence-corrected chi connectivity index (χ0v) is 24.4. The van der Waals surface area contributed by atoms with Gasteiger partial charge in [0.15, 0.2) is 35.6 Å². The van der Waals surface area contributed by atoms with E-state index in [0.29, 0.717) is 5.52 Å². The summed E-state index contributed by atoms with van der Waals surface area (Å²) in [5.41, 5.74) is 10.7. The third-order valence-corrected chi connectivity index (χ3v) is 8.27. The number of H-pyrrole nitrogens is 1. The van der Waals surface area contributed by atoms with Gasteiger partial charge in [-0.25, -0.2) is 19.5 Å². The van der Waals surface area contributed by atoms with E-state index in [1.165, 1.54) is 17.1 Å². The Morgan fingerprint density at radius 3 is 2.51 bits per heavy atom. The molecule has 2 aliphatic heterocycles. The van der Waals surface area contributed by atoms with Crippen LogP contribution in [0.3, 0.4) is 0 Å². The van der Waals surface area contributed by atoms with Gasteiger partial charge in [0.05, 0.1) is 25.5 Å². The van der Waals surface area contributed by atoms with Crippen LogP contribution in [0.25, 0.3) is 22.3 Å². The molecule has 6 heterocycles. The number of nitrogens with zero attached hydrogens (tertiary/aromatic N) is 7. The highest BCUT2D eigenvalue weighted by molar-refractivity contribution is 7.47. The molecule has 25 heteroatoms. The maximum Gasteiger partial charge on any atom is 0.472 e. The van der Waals surface area contributed by atoms with E-state index in [0.717, 1.165) is 10.9 Å². The number of rotatable bonds is 10. The molecule has 0 saturated carbocycles. The number of hydrogen-bond donors (Lipinski definition) is 8. The van der Waals surface area contributed by atoms with Crippen molar-refractivity contribution in [2.75, 3.05) is 24.4 Å². The van der Waals surface area contributed by atoms with E-state index in [1.54, 1.807) is 0 Å². The second-order valence-corrected chi connectivity index (χ2v) is 12.3. The van der Waals surface area contributed by atoms with Crippen molar-refractivity contribution in [2.45, 2.75) is 49.3 Å². The Kier molecular flexibility index (Phi) is 8.45. The topological polar surface area (TPSA) is 341 Å². The molecule has 0 aromatic carbocycles. The average molecular weight is 676 g/mol. The van der Waals surface area contributed by atoms with Crippen LogP contribution < -0.4 is 17.0 Å². The number of aliphatic hydroxyl groups is 3. The molecule has 2 fully saturated rings. The zero-order chi connectivity index (χ0) is 32.2. The minimum atomic E-state index is -5.16. The van der Waals surface area contributed by atoms with Crippen molar-refractivity contribution in [1.29, 1.82) is 0 Å². The van der Waals surface area contributed by atoms with Gasteiger partial charge in [0.2, 0.25) is 19.9 Å². The molecule has 6 rings (SSSR count). The standard InChI is InChI=1S/C20H26N10O13P2/c21-19-23-1-6-13(26-19)29(3-24-6)16-10(32)9(31)7(41-16)2-40-45(37,38)43-12-11(33)18(39-5-44(35)36)42-17(12)30-4-25-8-14(30)27-20(22)28-15(8)34/h1,3-4,7,9-12,16-18,31-33,44H,2,5H2,(H,35,36)(H,37,38)(H2,21,23,26)(H3,22,27,28,34)/t7-,9+,10+,11-,12+,16-,17-,18+/m1/s1. The van der Waals surface area contributed by atoms with E-state index in [9.17, 15) is 34.1 Å². The number of nitrogens with two attached hydrogens (primary N) is 2. The first kappa shape index (κ1) is 31.5. The number of imidazole rings is 2. The summed E-state index contributed by atoms with van der Waals surface area (Å²) in [6.07, 6.45) is -9.74. The van der Waals surface area contributed by atoms with Crippen LogP contribution in [0.4, 0.5) is 11.9 Å². The van der Waals surface area contributed by atoms with E-state index in [1.807, 2.05) is 0 Å². The Bertz CT molecular complexity index is 1850. The number of aliphatic hydroxyl groups excluding tert-OH is 3. The highest BCUT2D eigenvalue weighted by Gasteiger charge is 2.51. The van der Waals surface area contributed by atoms with E-state index < -0.39 is 83.6 Å². The van der Waals surface area contributed by atoms with Crippen LogP contribution >= 0.6 is 15.9 Å². The molecule has 4 aromatic rings. The predicted molar refractivity (Wildman–Crippen MR) is 146 cm³/mol. The van der Waals surface area contributed by atoms with Gasteiger partial charge in [0.25, 0.3) is 5.56 Å². The van der Waals surface area contributed by atoms with Crippen LogP contribution in [0.5, 0.6) is 0 Å². The van der Waals surface area contributed by atoms with Crippen LogP contribution in [0, 0.1) is 0 Å². The number of hydrogen-bond acceptors (Lipinski definition) is 18. The van der Waals surface area contributed by atoms with E-state index in [2.05, 4.69) is 29.9 Å². The molecule has 0 amide bonds. The summed E-state index contributed by atoms with van der Waals surface area (Å²) in [5, 5.41) is 32.1. The van der Waals surface area contributed by atoms with E-state index in [-0.39, 0.29) is 28.7 Å². The fourth-order valence-electron chi connectivity index (χ4n) is 4.85. The minimum absolute atomic E-state index is 0.0833. The number of phosphoric ester groups is 1. The van der Waals surface area contributed by atoms with Crippen LogP contribution in [0.15, 0.2) is 23.6 Å². The molecule has 23 nitrogen and oxygen atoms in total. The molecule has 4 aromatic heterocycles. The second kappa shape index (κ2) is 12.1. The van der Waals surface area contributed by atoms with Gasteiger partial charge in [-0.3, -0.25) is 32.5 Å². The van der Waals surface area contributed by atoms with Gasteiger partial charge in [-0.2, -0.15) is 9.97 Å². The maximum absolute atomic E-state index is 13.1. The lowest BCUT2D eigenvalue weighted by molar-refractivity contribution is -0.166. The summed E-state index contributed by atoms with van der Waals surface area (Å²) in [7, 11) is -8.34. The van der Waals surface area contributed by atoms with Crippen LogP contribution in [0.1, 0.15) is 12.5 Å². The summed E-state index contributed by atoms with van der Waals surface area (Å²) in [6.45, 7) is -0.797. The fraction of sp³-hybridized carbons (Fsp3) is 0.500. The summed E-state index contributed by atoms with van der Waals surface area (Å²) in [4.78, 5) is 54.1. The Morgan fingerprint density at radius 1 is 1.02 bits per heavy atom. The Hall–Kier alpha value is -3.44. The van der Waals surface area contributed by atoms with Crippen molar-refractivity contribution in [2.24, 2.45) is 0 Å². The highest BCUT2D eigenvalue weighted by atomic mass is 31.2. The lowest BCUT2D eigenvalue weighted by Crippen LogP contribution is -2.36. The zero-order valence-electron chi connectivity index (χ0n) is 22.5. The van der Waals surface area contributed by atoms with Crippen LogP contribution in [-0.4, -0.2) is 114 Å². The van der Waals surface area contributed by atoms with Gasteiger partial charge in [0, 0.05) is 0 Å². The van der Waals surface area contributed by atoms with E-state index >= 15 is 0 Å². The summed E-state index contributed by atoms with van der Waals surface area (Å²) in [6, 6.07) is 0. The molecule has 2 aliphatic rings. The third kappa shape index (κ3) is 6.08. The molecule has 0 aliphatic carbocycles. The van der Waals surface area contributed by atoms with Crippen molar-refractivity contribution >= 4 is 50.1 Å². The van der Waals surface area contributed by atoms with Gasteiger partial charge >= 0.3 is 7.82 Å². The molecular weight excluding hydrogens is 650 g/mol. The van der Waals surface area contributed by atoms with Gasteiger partial charge in [-0.1, -0.05) is 0 Å². The number of ether oxygens (including phenoxy) is 3. The Balaban J connectivity index is 1.20. The molecule has 2 saturated heterocycles. The number of nitrogens with one attached hydrogen (secondary N) is 1. The lowest BCUT2D eigenvalue weighted by Gasteiger charge is -2.24. The lowest BCUT2D eigenvalue weighted by atomic mass is 10.1. The smallest absolute Gasteiger partial charge is 0.387 e. The SMILES string of the molecule is Nc1ncc2ncn([C@@H]3O[C@H](COP(=O)(O)O[C@H]4[C@@H](O)[C@@H](OC[PH](=O)O)O[C@H]4n4cnc5c(=O)[nH]c(N)nc54)[C@H](O)[C@@H]3O)c2n1. The van der Waals surface area contributed by atoms with Crippen molar-refractivity contribution in [3.63, 3.8) is 0 Å². The molecule has 0 radical (unpaired) electrons. The Morgan fingerprint density at radius 2 is 1.76 bits per heavy atom. The number of aromatic amines is 1. The van der Waals surface area contributed by atoms with Crippen LogP contribution in [0.2, 0.25) is 0 Å².